The number of aryl methyl sites for hydroxylation is 1. The molecule has 0 saturated carbocycles. The number of thiazole rings is 1. The topological polar surface area (TPSA) is 79.3 Å². The zero-order valence-electron chi connectivity index (χ0n) is 9.62. The molecule has 0 aliphatic heterocycles. The highest BCUT2D eigenvalue weighted by atomic mass is 32.2. The summed E-state index contributed by atoms with van der Waals surface area (Å²) in [5, 5.41) is 9.33. The smallest absolute Gasteiger partial charge is 0.263 e. The van der Waals surface area contributed by atoms with E-state index in [1.807, 2.05) is 6.92 Å². The number of hydrogen-bond donors (Lipinski definition) is 2. The van der Waals surface area contributed by atoms with Gasteiger partial charge in [0.05, 0.1) is 11.5 Å². The van der Waals surface area contributed by atoms with Crippen LogP contribution in [-0.2, 0) is 16.6 Å². The van der Waals surface area contributed by atoms with Gasteiger partial charge in [-0.25, -0.2) is 13.4 Å². The first-order valence-corrected chi connectivity index (χ1v) is 7.46. The first kappa shape index (κ1) is 13.0. The predicted molar refractivity (Wildman–Crippen MR) is 70.0 cm³/mol. The minimum atomic E-state index is -3.65. The van der Waals surface area contributed by atoms with Crippen LogP contribution in [-0.4, -0.2) is 18.5 Å². The molecule has 1 aromatic heterocycles. The van der Waals surface area contributed by atoms with Crippen LogP contribution < -0.4 is 4.72 Å². The van der Waals surface area contributed by atoms with Crippen molar-refractivity contribution in [1.29, 1.82) is 0 Å². The summed E-state index contributed by atoms with van der Waals surface area (Å²) in [4.78, 5) is 4.99. The first-order chi connectivity index (χ1) is 8.51. The molecular weight excluding hydrogens is 272 g/mol. The highest BCUT2D eigenvalue weighted by Crippen LogP contribution is 2.21. The van der Waals surface area contributed by atoms with Crippen LogP contribution in [0, 0.1) is 6.92 Å². The lowest BCUT2D eigenvalue weighted by atomic mass is 10.2. The summed E-state index contributed by atoms with van der Waals surface area (Å²) in [5.41, 5.74) is 0.549. The fourth-order valence-electron chi connectivity index (χ4n) is 1.39. The van der Waals surface area contributed by atoms with Gasteiger partial charge in [-0.15, -0.1) is 11.3 Å². The van der Waals surface area contributed by atoms with E-state index < -0.39 is 10.0 Å². The molecule has 18 heavy (non-hydrogen) atoms. The number of anilines is 1. The Morgan fingerprint density at radius 2 is 2.22 bits per heavy atom. The van der Waals surface area contributed by atoms with Crippen molar-refractivity contribution in [3.8, 4) is 0 Å². The molecule has 0 spiro atoms. The van der Waals surface area contributed by atoms with Gasteiger partial charge in [0.15, 0.2) is 5.13 Å². The Morgan fingerprint density at radius 3 is 2.83 bits per heavy atom. The molecule has 5 nitrogen and oxygen atoms in total. The lowest BCUT2D eigenvalue weighted by molar-refractivity contribution is 0.281. The molecule has 2 N–H and O–H groups in total. The molecule has 0 radical (unpaired) electrons. The fourth-order valence-corrected chi connectivity index (χ4v) is 3.36. The monoisotopic (exact) mass is 284 g/mol. The van der Waals surface area contributed by atoms with E-state index in [-0.39, 0.29) is 11.5 Å². The number of sulfonamides is 1. The molecule has 1 heterocycles. The van der Waals surface area contributed by atoms with E-state index in [9.17, 15) is 8.42 Å². The third-order valence-electron chi connectivity index (χ3n) is 2.23. The van der Waals surface area contributed by atoms with Gasteiger partial charge in [0, 0.05) is 11.1 Å². The number of benzene rings is 1. The molecule has 0 amide bonds. The average Bonchev–Trinajstić information content (AvgIpc) is 2.74. The third-order valence-corrected chi connectivity index (χ3v) is 4.53. The molecule has 1 aromatic carbocycles. The Kier molecular flexibility index (Phi) is 3.65. The predicted octanol–water partition coefficient (Wildman–Crippen LogP) is 1.74. The first-order valence-electron chi connectivity index (χ1n) is 5.16. The van der Waals surface area contributed by atoms with Crippen molar-refractivity contribution in [2.75, 3.05) is 4.72 Å². The van der Waals surface area contributed by atoms with E-state index in [0.29, 0.717) is 10.7 Å². The Labute approximate surface area is 109 Å². The van der Waals surface area contributed by atoms with Crippen LogP contribution in [0.3, 0.4) is 0 Å². The van der Waals surface area contributed by atoms with Gasteiger partial charge in [-0.3, -0.25) is 4.72 Å². The van der Waals surface area contributed by atoms with E-state index in [1.165, 1.54) is 23.5 Å². The second-order valence-electron chi connectivity index (χ2n) is 3.69. The molecule has 96 valence electrons. The van der Waals surface area contributed by atoms with Crippen LogP contribution in [0.2, 0.25) is 0 Å². The molecule has 0 aliphatic rings. The quantitative estimate of drug-likeness (QED) is 0.896. The number of nitrogens with one attached hydrogen (secondary N) is 1. The normalized spacial score (nSPS) is 11.4. The summed E-state index contributed by atoms with van der Waals surface area (Å²) in [6.45, 7) is 1.65. The average molecular weight is 284 g/mol. The molecule has 0 aliphatic carbocycles. The Balaban J connectivity index is 2.30. The maximum atomic E-state index is 12.1. The summed E-state index contributed by atoms with van der Waals surface area (Å²) in [7, 11) is -3.65. The van der Waals surface area contributed by atoms with Crippen molar-refractivity contribution in [2.24, 2.45) is 0 Å². The van der Waals surface area contributed by atoms with Crippen molar-refractivity contribution >= 4 is 26.5 Å². The standard InChI is InChI=1S/C11H12N2O3S2/c1-8-6-12-11(17-8)13-18(15,16)10-4-2-3-9(5-10)7-14/h2-6,14H,7H2,1H3,(H,12,13). The van der Waals surface area contributed by atoms with Crippen molar-refractivity contribution < 1.29 is 13.5 Å². The molecule has 2 aromatic rings. The maximum Gasteiger partial charge on any atom is 0.263 e. The fraction of sp³-hybridized carbons (Fsp3) is 0.182. The van der Waals surface area contributed by atoms with E-state index in [2.05, 4.69) is 9.71 Å². The van der Waals surface area contributed by atoms with Gasteiger partial charge >= 0.3 is 0 Å². The molecule has 0 unspecified atom stereocenters. The number of rotatable bonds is 4. The van der Waals surface area contributed by atoms with Gasteiger partial charge in [-0.05, 0) is 24.6 Å². The second kappa shape index (κ2) is 5.05. The highest BCUT2D eigenvalue weighted by molar-refractivity contribution is 7.93. The molecule has 0 atom stereocenters. The third kappa shape index (κ3) is 2.87. The lowest BCUT2D eigenvalue weighted by Gasteiger charge is -2.06. The summed E-state index contributed by atoms with van der Waals surface area (Å²) < 4.78 is 26.5. The summed E-state index contributed by atoms with van der Waals surface area (Å²) in [5.74, 6) is 0. The molecule has 0 fully saturated rings. The molecule has 0 saturated heterocycles. The zero-order chi connectivity index (χ0) is 13.2. The van der Waals surface area contributed by atoms with Crippen molar-refractivity contribution in [3.05, 3.63) is 40.9 Å². The van der Waals surface area contributed by atoms with E-state index in [1.54, 1.807) is 18.3 Å². The van der Waals surface area contributed by atoms with Crippen LogP contribution in [0.25, 0.3) is 0 Å². The van der Waals surface area contributed by atoms with E-state index >= 15 is 0 Å². The SMILES string of the molecule is Cc1cnc(NS(=O)(=O)c2cccc(CO)c2)s1. The van der Waals surface area contributed by atoms with Crippen LogP contribution in [0.15, 0.2) is 35.4 Å². The van der Waals surface area contributed by atoms with Gasteiger partial charge in [-0.1, -0.05) is 12.1 Å². The number of aromatic nitrogens is 1. The van der Waals surface area contributed by atoms with E-state index in [0.717, 1.165) is 4.88 Å². The van der Waals surface area contributed by atoms with Gasteiger partial charge in [-0.2, -0.15) is 0 Å². The Hall–Kier alpha value is -1.44. The highest BCUT2D eigenvalue weighted by Gasteiger charge is 2.16. The van der Waals surface area contributed by atoms with Crippen LogP contribution in [0.5, 0.6) is 0 Å². The minimum Gasteiger partial charge on any atom is -0.392 e. The summed E-state index contributed by atoms with van der Waals surface area (Å²) in [6.07, 6.45) is 1.60. The van der Waals surface area contributed by atoms with Crippen LogP contribution in [0.4, 0.5) is 5.13 Å². The summed E-state index contributed by atoms with van der Waals surface area (Å²) in [6, 6.07) is 6.16. The minimum absolute atomic E-state index is 0.113. The molecule has 2 rings (SSSR count). The zero-order valence-corrected chi connectivity index (χ0v) is 11.3. The number of aliphatic hydroxyl groups is 1. The maximum absolute atomic E-state index is 12.1. The number of aliphatic hydroxyl groups excluding tert-OH is 1. The largest absolute Gasteiger partial charge is 0.392 e. The van der Waals surface area contributed by atoms with Crippen molar-refractivity contribution in [3.63, 3.8) is 0 Å². The number of hydrogen-bond acceptors (Lipinski definition) is 5. The summed E-state index contributed by atoms with van der Waals surface area (Å²) >= 11 is 1.27. The van der Waals surface area contributed by atoms with Gasteiger partial charge in [0.1, 0.15) is 0 Å². The molecule has 0 bridgehead atoms. The Morgan fingerprint density at radius 1 is 1.44 bits per heavy atom. The molecule has 7 heteroatoms. The van der Waals surface area contributed by atoms with Crippen molar-refractivity contribution in [2.45, 2.75) is 18.4 Å². The Bertz CT molecular complexity index is 650. The van der Waals surface area contributed by atoms with Crippen molar-refractivity contribution in [1.82, 2.24) is 4.98 Å². The van der Waals surface area contributed by atoms with E-state index in [4.69, 9.17) is 5.11 Å². The van der Waals surface area contributed by atoms with Gasteiger partial charge in [0.2, 0.25) is 0 Å². The van der Waals surface area contributed by atoms with Gasteiger partial charge in [0.25, 0.3) is 10.0 Å². The molecular formula is C11H12N2O3S2. The lowest BCUT2D eigenvalue weighted by Crippen LogP contribution is -2.12. The second-order valence-corrected chi connectivity index (χ2v) is 6.60. The van der Waals surface area contributed by atoms with Gasteiger partial charge < -0.3 is 5.11 Å². The number of nitrogens with zero attached hydrogens (tertiary/aromatic N) is 1. The van der Waals surface area contributed by atoms with Crippen LogP contribution >= 0.6 is 11.3 Å². The van der Waals surface area contributed by atoms with Crippen LogP contribution in [0.1, 0.15) is 10.4 Å².